The zero-order valence-corrected chi connectivity index (χ0v) is 16.0. The van der Waals surface area contributed by atoms with Gasteiger partial charge in [-0.25, -0.2) is 4.79 Å². The Labute approximate surface area is 139 Å². The fraction of sp³-hybridized carbons (Fsp3) is 0.917. The van der Waals surface area contributed by atoms with Crippen molar-refractivity contribution in [1.82, 2.24) is 0 Å². The van der Waals surface area contributed by atoms with E-state index in [1.807, 2.05) is 13.8 Å². The third-order valence-corrected chi connectivity index (χ3v) is 4.50. The Morgan fingerprint density at radius 3 is 1.74 bits per heavy atom. The van der Waals surface area contributed by atoms with Gasteiger partial charge in [-0.1, -0.05) is 0 Å². The highest BCUT2D eigenvalue weighted by Gasteiger charge is 2.25. The topological polar surface area (TPSA) is 90.9 Å². The van der Waals surface area contributed by atoms with Crippen LogP contribution in [0.5, 0.6) is 0 Å². The highest BCUT2D eigenvalue weighted by Crippen LogP contribution is 2.43. The van der Waals surface area contributed by atoms with Crippen LogP contribution in [-0.2, 0) is 36.6 Å². The predicted octanol–water partition coefficient (Wildman–Crippen LogP) is 3.73. The summed E-state index contributed by atoms with van der Waals surface area (Å²) in [5.74, 6) is 0. The van der Waals surface area contributed by atoms with E-state index in [1.54, 1.807) is 13.8 Å². The van der Waals surface area contributed by atoms with Gasteiger partial charge < -0.3 is 32.1 Å². The minimum absolute atomic E-state index is 0.111. The highest BCUT2D eigenvalue weighted by atomic mass is 31.2. The van der Waals surface area contributed by atoms with Crippen molar-refractivity contribution in [3.63, 3.8) is 0 Å². The third-order valence-electron chi connectivity index (χ3n) is 1.85. The molecule has 0 N–H and O–H groups in total. The van der Waals surface area contributed by atoms with E-state index in [9.17, 15) is 4.79 Å². The van der Waals surface area contributed by atoms with E-state index < -0.39 is 29.7 Å². The molecule has 0 aromatic heterocycles. The minimum atomic E-state index is -1.67. The molecule has 0 spiro atoms. The molecule has 0 heterocycles. The van der Waals surface area contributed by atoms with Crippen molar-refractivity contribution >= 4 is 23.4 Å². The fourth-order valence-electron chi connectivity index (χ4n) is 1.09. The molecule has 0 aliphatic rings. The van der Waals surface area contributed by atoms with Crippen LogP contribution in [-0.4, -0.2) is 52.6 Å². The lowest BCUT2D eigenvalue weighted by atomic mass is 10.7. The number of carbonyl (C=O) groups excluding carboxylic acids is 1. The molecule has 0 aliphatic carbocycles. The summed E-state index contributed by atoms with van der Waals surface area (Å²) in [5.41, 5.74) is 0. The Morgan fingerprint density at radius 2 is 1.30 bits per heavy atom. The third kappa shape index (κ3) is 12.0. The number of hydrogen-bond acceptors (Lipinski definition) is 9. The molecule has 138 valence electrons. The molecule has 0 saturated carbocycles. The van der Waals surface area contributed by atoms with E-state index in [4.69, 9.17) is 31.9 Å². The first-order chi connectivity index (χ1) is 11.1. The van der Waals surface area contributed by atoms with Crippen LogP contribution >= 0.6 is 17.2 Å². The standard InChI is InChI=1S/C12H26O9P2/c1-6-15-22(16-7-2)19-10-11(20-12(13)14-5)21-23(17-8-3)18-9-4/h11H,6-10H2,1-5H3. The summed E-state index contributed by atoms with van der Waals surface area (Å²) in [6.45, 7) is 8.77. The van der Waals surface area contributed by atoms with E-state index in [0.29, 0.717) is 26.4 Å². The molecule has 0 bridgehead atoms. The van der Waals surface area contributed by atoms with Gasteiger partial charge in [0.1, 0.15) is 6.61 Å². The first-order valence-electron chi connectivity index (χ1n) is 7.27. The summed E-state index contributed by atoms with van der Waals surface area (Å²) < 4.78 is 41.6. The molecule has 11 heteroatoms. The molecule has 0 fully saturated rings. The Bertz CT molecular complexity index is 284. The van der Waals surface area contributed by atoms with E-state index in [1.165, 1.54) is 7.11 Å². The Kier molecular flexibility index (Phi) is 15.3. The van der Waals surface area contributed by atoms with Crippen LogP contribution in [0.25, 0.3) is 0 Å². The van der Waals surface area contributed by atoms with Crippen LogP contribution in [0.4, 0.5) is 4.79 Å². The lowest BCUT2D eigenvalue weighted by Gasteiger charge is -2.23. The van der Waals surface area contributed by atoms with Crippen LogP contribution in [0.1, 0.15) is 27.7 Å². The number of rotatable bonds is 14. The largest absolute Gasteiger partial charge is 0.510 e. The van der Waals surface area contributed by atoms with Gasteiger partial charge in [0.05, 0.1) is 33.5 Å². The van der Waals surface area contributed by atoms with Gasteiger partial charge in [-0.3, -0.25) is 4.52 Å². The number of methoxy groups -OCH3 is 1. The summed E-state index contributed by atoms with van der Waals surface area (Å²) in [5, 5.41) is 0. The van der Waals surface area contributed by atoms with Crippen LogP contribution in [0.2, 0.25) is 0 Å². The molecule has 0 aromatic carbocycles. The van der Waals surface area contributed by atoms with Crippen LogP contribution < -0.4 is 0 Å². The Balaban J connectivity index is 4.60. The smallest absolute Gasteiger partial charge is 0.438 e. The van der Waals surface area contributed by atoms with E-state index in [0.717, 1.165) is 0 Å². The van der Waals surface area contributed by atoms with Crippen molar-refractivity contribution in [2.45, 2.75) is 34.0 Å². The second kappa shape index (κ2) is 15.4. The van der Waals surface area contributed by atoms with E-state index in [2.05, 4.69) is 4.74 Å². The van der Waals surface area contributed by atoms with Gasteiger partial charge in [0.15, 0.2) is 0 Å². The Morgan fingerprint density at radius 1 is 0.826 bits per heavy atom. The summed E-state index contributed by atoms with van der Waals surface area (Å²) in [7, 11) is -2.02. The van der Waals surface area contributed by atoms with Gasteiger partial charge in [-0.2, -0.15) is 0 Å². The SMILES string of the molecule is CCOP(OCC)OCC(OC(=O)OC)OP(OCC)OCC. The van der Waals surface area contributed by atoms with Crippen LogP contribution in [0.3, 0.4) is 0 Å². The van der Waals surface area contributed by atoms with Gasteiger partial charge >= 0.3 is 23.4 Å². The molecular weight excluding hydrogens is 350 g/mol. The van der Waals surface area contributed by atoms with Crippen molar-refractivity contribution in [2.75, 3.05) is 40.1 Å². The summed E-state index contributed by atoms with van der Waals surface area (Å²) in [6.07, 6.45) is -1.98. The zero-order valence-electron chi connectivity index (χ0n) is 14.2. The first-order valence-corrected chi connectivity index (χ1v) is 9.46. The van der Waals surface area contributed by atoms with Gasteiger partial charge in [0.25, 0.3) is 0 Å². The fourth-order valence-corrected chi connectivity index (χ4v) is 2.89. The second-order valence-electron chi connectivity index (χ2n) is 3.52. The molecular formula is C12H26O9P2. The quantitative estimate of drug-likeness (QED) is 0.255. The lowest BCUT2D eigenvalue weighted by Crippen LogP contribution is -2.25. The Hall–Kier alpha value is -0.110. The second-order valence-corrected chi connectivity index (χ2v) is 5.92. The average molecular weight is 376 g/mol. The van der Waals surface area contributed by atoms with Crippen molar-refractivity contribution in [1.29, 1.82) is 0 Å². The maximum atomic E-state index is 11.3. The number of ether oxygens (including phenoxy) is 2. The van der Waals surface area contributed by atoms with E-state index >= 15 is 0 Å². The maximum Gasteiger partial charge on any atom is 0.510 e. The maximum absolute atomic E-state index is 11.3. The minimum Gasteiger partial charge on any atom is -0.438 e. The molecule has 0 saturated heterocycles. The normalized spacial score (nSPS) is 12.7. The molecule has 0 amide bonds. The molecule has 1 atom stereocenters. The monoisotopic (exact) mass is 376 g/mol. The lowest BCUT2D eigenvalue weighted by molar-refractivity contribution is -0.0901. The average Bonchev–Trinajstić information content (AvgIpc) is 2.53. The molecule has 23 heavy (non-hydrogen) atoms. The molecule has 0 rings (SSSR count). The van der Waals surface area contributed by atoms with Gasteiger partial charge in [0.2, 0.25) is 6.29 Å². The summed E-state index contributed by atoms with van der Waals surface area (Å²) in [4.78, 5) is 11.3. The van der Waals surface area contributed by atoms with Crippen LogP contribution in [0, 0.1) is 0 Å². The number of hydrogen-bond donors (Lipinski definition) is 0. The predicted molar refractivity (Wildman–Crippen MR) is 84.7 cm³/mol. The van der Waals surface area contributed by atoms with E-state index in [-0.39, 0.29) is 6.61 Å². The van der Waals surface area contributed by atoms with Crippen molar-refractivity contribution in [2.24, 2.45) is 0 Å². The molecule has 1 unspecified atom stereocenters. The highest BCUT2D eigenvalue weighted by molar-refractivity contribution is 7.42. The summed E-state index contributed by atoms with van der Waals surface area (Å²) in [6, 6.07) is 0. The first kappa shape index (κ1) is 22.9. The zero-order chi connectivity index (χ0) is 17.5. The van der Waals surface area contributed by atoms with Crippen molar-refractivity contribution in [3.05, 3.63) is 0 Å². The van der Waals surface area contributed by atoms with Crippen molar-refractivity contribution < 1.29 is 41.4 Å². The molecule has 0 radical (unpaired) electrons. The van der Waals surface area contributed by atoms with Crippen molar-refractivity contribution in [3.8, 4) is 0 Å². The molecule has 0 aliphatic heterocycles. The summed E-state index contributed by atoms with van der Waals surface area (Å²) >= 11 is 0. The van der Waals surface area contributed by atoms with Gasteiger partial charge in [0, 0.05) is 0 Å². The van der Waals surface area contributed by atoms with Gasteiger partial charge in [-0.05, 0) is 27.7 Å². The van der Waals surface area contributed by atoms with Gasteiger partial charge in [-0.15, -0.1) is 0 Å². The molecule has 9 nitrogen and oxygen atoms in total. The number of carbonyl (C=O) groups is 1. The molecule has 0 aromatic rings. The van der Waals surface area contributed by atoms with Crippen LogP contribution in [0.15, 0.2) is 0 Å².